The molecule has 0 spiro atoms. The molecule has 2 atom stereocenters. The minimum absolute atomic E-state index is 0.0454. The minimum Gasteiger partial charge on any atom is -0.332 e. The predicted molar refractivity (Wildman–Crippen MR) is 89.5 cm³/mol. The molecule has 0 bridgehead atoms. The van der Waals surface area contributed by atoms with Gasteiger partial charge in [-0.1, -0.05) is 0 Å². The second-order valence-electron chi connectivity index (χ2n) is 6.10. The molecule has 6 heteroatoms. The van der Waals surface area contributed by atoms with Crippen molar-refractivity contribution in [3.05, 3.63) is 60.2 Å². The molecule has 2 amide bonds. The Balaban J connectivity index is 1.75. The van der Waals surface area contributed by atoms with E-state index < -0.39 is 0 Å². The van der Waals surface area contributed by atoms with Gasteiger partial charge in [0.05, 0.1) is 11.1 Å². The smallest absolute Gasteiger partial charge is 0.255 e. The first-order valence-electron chi connectivity index (χ1n) is 8.00. The van der Waals surface area contributed by atoms with Crippen molar-refractivity contribution in [1.29, 1.82) is 0 Å². The number of nitrogens with zero attached hydrogens (tertiary/aromatic N) is 4. The highest BCUT2D eigenvalue weighted by Crippen LogP contribution is 2.20. The van der Waals surface area contributed by atoms with Crippen LogP contribution < -0.4 is 0 Å². The fourth-order valence-corrected chi connectivity index (χ4v) is 3.00. The first-order valence-corrected chi connectivity index (χ1v) is 8.00. The third kappa shape index (κ3) is 3.13. The largest absolute Gasteiger partial charge is 0.332 e. The van der Waals surface area contributed by atoms with E-state index in [1.807, 2.05) is 23.6 Å². The number of hydrogen-bond acceptors (Lipinski definition) is 4. The van der Waals surface area contributed by atoms with E-state index in [1.165, 1.54) is 0 Å². The summed E-state index contributed by atoms with van der Waals surface area (Å²) in [5.74, 6) is -0.0909. The van der Waals surface area contributed by atoms with Gasteiger partial charge in [-0.2, -0.15) is 0 Å². The maximum atomic E-state index is 12.7. The summed E-state index contributed by atoms with van der Waals surface area (Å²) < 4.78 is 0. The number of hydrogen-bond donors (Lipinski definition) is 0. The number of amides is 2. The lowest BCUT2D eigenvalue weighted by molar-refractivity contribution is 0.0269. The van der Waals surface area contributed by atoms with Crippen LogP contribution in [-0.4, -0.2) is 56.8 Å². The summed E-state index contributed by atoms with van der Waals surface area (Å²) in [7, 11) is 0. The number of carbonyl (C=O) groups is 2. The van der Waals surface area contributed by atoms with Crippen LogP contribution in [0.15, 0.2) is 49.1 Å². The summed E-state index contributed by atoms with van der Waals surface area (Å²) in [6, 6.07) is 6.91. The normalized spacial score (nSPS) is 20.8. The van der Waals surface area contributed by atoms with Crippen LogP contribution in [0, 0.1) is 0 Å². The Labute approximate surface area is 141 Å². The van der Waals surface area contributed by atoms with Crippen molar-refractivity contribution in [1.82, 2.24) is 19.8 Å². The lowest BCUT2D eigenvalue weighted by atomic mass is 10.1. The SMILES string of the molecule is C[C@@H]1CN(C(=O)c2cccnc2)[C@H](C)CN1C(=O)c1cccnc1. The van der Waals surface area contributed by atoms with Crippen molar-refractivity contribution in [2.75, 3.05) is 13.1 Å². The van der Waals surface area contributed by atoms with Crippen molar-refractivity contribution in [3.8, 4) is 0 Å². The summed E-state index contributed by atoms with van der Waals surface area (Å²) in [6.45, 7) is 4.93. The van der Waals surface area contributed by atoms with Crippen LogP contribution in [0.5, 0.6) is 0 Å². The average molecular weight is 324 g/mol. The topological polar surface area (TPSA) is 66.4 Å². The van der Waals surface area contributed by atoms with Crippen LogP contribution in [0.1, 0.15) is 34.6 Å². The van der Waals surface area contributed by atoms with E-state index >= 15 is 0 Å². The van der Waals surface area contributed by atoms with Gasteiger partial charge in [-0.3, -0.25) is 19.6 Å². The molecule has 1 aliphatic rings. The fourth-order valence-electron chi connectivity index (χ4n) is 3.00. The lowest BCUT2D eigenvalue weighted by Gasteiger charge is -2.44. The zero-order chi connectivity index (χ0) is 17.1. The molecule has 0 radical (unpaired) electrons. The third-order valence-electron chi connectivity index (χ3n) is 4.32. The van der Waals surface area contributed by atoms with Crippen LogP contribution in [0.4, 0.5) is 0 Å². The molecule has 6 nitrogen and oxygen atoms in total. The molecule has 1 saturated heterocycles. The van der Waals surface area contributed by atoms with Crippen molar-refractivity contribution in [3.63, 3.8) is 0 Å². The Hall–Kier alpha value is -2.76. The van der Waals surface area contributed by atoms with Crippen molar-refractivity contribution in [2.45, 2.75) is 25.9 Å². The number of piperazine rings is 1. The summed E-state index contributed by atoms with van der Waals surface area (Å²) in [5.41, 5.74) is 1.15. The zero-order valence-corrected chi connectivity index (χ0v) is 13.8. The van der Waals surface area contributed by atoms with Crippen LogP contribution in [0.25, 0.3) is 0 Å². The lowest BCUT2D eigenvalue weighted by Crippen LogP contribution is -2.59. The molecule has 124 valence electrons. The highest BCUT2D eigenvalue weighted by Gasteiger charge is 2.35. The van der Waals surface area contributed by atoms with Gasteiger partial charge in [-0.15, -0.1) is 0 Å². The molecule has 2 aromatic rings. The highest BCUT2D eigenvalue weighted by atomic mass is 16.2. The van der Waals surface area contributed by atoms with Gasteiger partial charge < -0.3 is 9.80 Å². The number of carbonyl (C=O) groups excluding carboxylic acids is 2. The van der Waals surface area contributed by atoms with Gasteiger partial charge in [-0.05, 0) is 38.1 Å². The van der Waals surface area contributed by atoms with E-state index in [0.717, 1.165) is 0 Å². The van der Waals surface area contributed by atoms with E-state index in [9.17, 15) is 9.59 Å². The summed E-state index contributed by atoms with van der Waals surface area (Å²) in [5, 5.41) is 0. The molecular formula is C18H20N4O2. The summed E-state index contributed by atoms with van der Waals surface area (Å²) in [4.78, 5) is 37.0. The molecule has 0 aromatic carbocycles. The molecule has 0 aliphatic carbocycles. The van der Waals surface area contributed by atoms with Gasteiger partial charge in [0, 0.05) is 50.0 Å². The maximum absolute atomic E-state index is 12.7. The molecule has 0 unspecified atom stereocenters. The van der Waals surface area contributed by atoms with Gasteiger partial charge in [0.2, 0.25) is 0 Å². The molecular weight excluding hydrogens is 304 g/mol. The van der Waals surface area contributed by atoms with E-state index in [2.05, 4.69) is 9.97 Å². The van der Waals surface area contributed by atoms with Crippen molar-refractivity contribution >= 4 is 11.8 Å². The van der Waals surface area contributed by atoms with E-state index in [4.69, 9.17) is 0 Å². The highest BCUT2D eigenvalue weighted by molar-refractivity contribution is 5.96. The second kappa shape index (κ2) is 6.78. The Morgan fingerprint density at radius 3 is 1.62 bits per heavy atom. The Morgan fingerprint density at radius 1 is 0.875 bits per heavy atom. The molecule has 24 heavy (non-hydrogen) atoms. The summed E-state index contributed by atoms with van der Waals surface area (Å²) in [6.07, 6.45) is 6.44. The quantitative estimate of drug-likeness (QED) is 0.845. The van der Waals surface area contributed by atoms with Gasteiger partial charge in [0.1, 0.15) is 0 Å². The Morgan fingerprint density at radius 2 is 1.29 bits per heavy atom. The monoisotopic (exact) mass is 324 g/mol. The molecule has 1 aliphatic heterocycles. The van der Waals surface area contributed by atoms with E-state index in [0.29, 0.717) is 24.2 Å². The van der Waals surface area contributed by atoms with Gasteiger partial charge in [-0.25, -0.2) is 0 Å². The van der Waals surface area contributed by atoms with E-state index in [1.54, 1.807) is 49.1 Å². The molecule has 3 rings (SSSR count). The van der Waals surface area contributed by atoms with Gasteiger partial charge >= 0.3 is 0 Å². The average Bonchev–Trinajstić information content (AvgIpc) is 2.63. The van der Waals surface area contributed by atoms with E-state index in [-0.39, 0.29) is 23.9 Å². The zero-order valence-electron chi connectivity index (χ0n) is 13.8. The molecule has 2 aromatic heterocycles. The van der Waals surface area contributed by atoms with Crippen molar-refractivity contribution < 1.29 is 9.59 Å². The van der Waals surface area contributed by atoms with Gasteiger partial charge in [0.25, 0.3) is 11.8 Å². The number of rotatable bonds is 2. The maximum Gasteiger partial charge on any atom is 0.255 e. The minimum atomic E-state index is -0.0606. The first kappa shape index (κ1) is 16.1. The van der Waals surface area contributed by atoms with Crippen molar-refractivity contribution in [2.24, 2.45) is 0 Å². The molecule has 0 N–H and O–H groups in total. The molecule has 1 fully saturated rings. The Kier molecular flexibility index (Phi) is 4.55. The fraction of sp³-hybridized carbons (Fsp3) is 0.333. The van der Waals surface area contributed by atoms with Gasteiger partial charge in [0.15, 0.2) is 0 Å². The molecule has 0 saturated carbocycles. The first-order chi connectivity index (χ1) is 11.6. The van der Waals surface area contributed by atoms with Crippen LogP contribution in [-0.2, 0) is 0 Å². The van der Waals surface area contributed by atoms with Crippen LogP contribution in [0.2, 0.25) is 0 Å². The number of pyridine rings is 2. The summed E-state index contributed by atoms with van der Waals surface area (Å²) >= 11 is 0. The third-order valence-corrected chi connectivity index (χ3v) is 4.32. The number of aromatic nitrogens is 2. The second-order valence-corrected chi connectivity index (χ2v) is 6.10. The molecule has 3 heterocycles. The van der Waals surface area contributed by atoms with Crippen LogP contribution >= 0.6 is 0 Å². The predicted octanol–water partition coefficient (Wildman–Crippen LogP) is 1.85. The Bertz CT molecular complexity index is 657. The standard InChI is InChI=1S/C18H20N4O2/c1-13-11-22(18(24)16-6-4-8-20-10-16)14(2)12-21(13)17(23)15-5-3-7-19-9-15/h3-10,13-14H,11-12H2,1-2H3/t13-,14-/m1/s1. The van der Waals surface area contributed by atoms with Crippen LogP contribution in [0.3, 0.4) is 0 Å².